The molecule has 0 saturated heterocycles. The quantitative estimate of drug-likeness (QED) is 0.845. The fraction of sp³-hybridized carbons (Fsp3) is 0.333. The molecule has 0 unspecified atom stereocenters. The van der Waals surface area contributed by atoms with Crippen molar-refractivity contribution in [3.8, 4) is 0 Å². The van der Waals surface area contributed by atoms with E-state index in [2.05, 4.69) is 16.1 Å². The van der Waals surface area contributed by atoms with Crippen LogP contribution in [-0.4, -0.2) is 14.8 Å². The molecular weight excluding hydrogens is 200 g/mol. The number of aryl methyl sites for hydroxylation is 4. The first-order chi connectivity index (χ1) is 7.65. The van der Waals surface area contributed by atoms with E-state index in [0.29, 0.717) is 5.82 Å². The molecule has 0 spiro atoms. The molecule has 0 aromatic carbocycles. The zero-order valence-corrected chi connectivity index (χ0v) is 9.64. The molecule has 2 N–H and O–H groups in total. The van der Waals surface area contributed by atoms with E-state index in [0.717, 1.165) is 18.5 Å². The maximum atomic E-state index is 5.63. The second kappa shape index (κ2) is 4.35. The molecule has 4 nitrogen and oxygen atoms in total. The Morgan fingerprint density at radius 3 is 2.75 bits per heavy atom. The predicted molar refractivity (Wildman–Crippen MR) is 64.0 cm³/mol. The van der Waals surface area contributed by atoms with Crippen LogP contribution in [0.3, 0.4) is 0 Å². The highest BCUT2D eigenvalue weighted by molar-refractivity contribution is 5.32. The number of rotatable bonds is 3. The number of anilines is 1. The molecular formula is C12H16N4. The Morgan fingerprint density at radius 1 is 1.31 bits per heavy atom. The van der Waals surface area contributed by atoms with E-state index >= 15 is 0 Å². The van der Waals surface area contributed by atoms with Gasteiger partial charge in [-0.15, -0.1) is 0 Å². The minimum Gasteiger partial charge on any atom is -0.384 e. The summed E-state index contributed by atoms with van der Waals surface area (Å²) in [4.78, 5) is 3.98. The molecule has 0 fully saturated rings. The molecule has 0 aliphatic rings. The lowest BCUT2D eigenvalue weighted by Crippen LogP contribution is -2.01. The summed E-state index contributed by atoms with van der Waals surface area (Å²) in [5, 5.41) is 4.32. The van der Waals surface area contributed by atoms with Gasteiger partial charge in [0.1, 0.15) is 5.82 Å². The standard InChI is InChI=1S/C12H16N4/c1-9-7-11(16(2)15-9)4-3-10-5-6-14-12(13)8-10/h5-8H,3-4H2,1-2H3,(H2,13,14). The highest BCUT2D eigenvalue weighted by Crippen LogP contribution is 2.09. The second-order valence-electron chi connectivity index (χ2n) is 3.99. The van der Waals surface area contributed by atoms with Crippen LogP contribution in [0.1, 0.15) is 17.0 Å². The van der Waals surface area contributed by atoms with Gasteiger partial charge in [0.25, 0.3) is 0 Å². The molecule has 2 heterocycles. The van der Waals surface area contributed by atoms with Crippen LogP contribution in [-0.2, 0) is 19.9 Å². The minimum atomic E-state index is 0.582. The van der Waals surface area contributed by atoms with Crippen LogP contribution >= 0.6 is 0 Å². The molecule has 84 valence electrons. The van der Waals surface area contributed by atoms with Crippen LogP contribution in [0.5, 0.6) is 0 Å². The number of hydrogen-bond acceptors (Lipinski definition) is 3. The van der Waals surface area contributed by atoms with Crippen LogP contribution in [0.25, 0.3) is 0 Å². The molecule has 0 bridgehead atoms. The molecule has 0 saturated carbocycles. The molecule has 0 aliphatic heterocycles. The van der Waals surface area contributed by atoms with Crippen molar-refractivity contribution in [2.45, 2.75) is 19.8 Å². The van der Waals surface area contributed by atoms with E-state index < -0.39 is 0 Å². The van der Waals surface area contributed by atoms with Gasteiger partial charge in [0.15, 0.2) is 0 Å². The van der Waals surface area contributed by atoms with E-state index in [1.807, 2.05) is 30.8 Å². The van der Waals surface area contributed by atoms with Crippen LogP contribution in [0.4, 0.5) is 5.82 Å². The van der Waals surface area contributed by atoms with E-state index in [1.54, 1.807) is 6.20 Å². The maximum Gasteiger partial charge on any atom is 0.123 e. The van der Waals surface area contributed by atoms with Crippen molar-refractivity contribution in [2.24, 2.45) is 7.05 Å². The van der Waals surface area contributed by atoms with Gasteiger partial charge in [0.2, 0.25) is 0 Å². The van der Waals surface area contributed by atoms with Gasteiger partial charge in [-0.3, -0.25) is 4.68 Å². The number of aromatic nitrogens is 3. The fourth-order valence-corrected chi connectivity index (χ4v) is 1.82. The maximum absolute atomic E-state index is 5.63. The van der Waals surface area contributed by atoms with Gasteiger partial charge in [-0.25, -0.2) is 4.98 Å². The summed E-state index contributed by atoms with van der Waals surface area (Å²) in [6, 6.07) is 6.04. The Balaban J connectivity index is 2.05. The zero-order chi connectivity index (χ0) is 11.5. The SMILES string of the molecule is Cc1cc(CCc2ccnc(N)c2)n(C)n1. The first-order valence-electron chi connectivity index (χ1n) is 5.35. The van der Waals surface area contributed by atoms with E-state index in [-0.39, 0.29) is 0 Å². The summed E-state index contributed by atoms with van der Waals surface area (Å²) in [6.45, 7) is 2.01. The molecule has 2 aromatic heterocycles. The molecule has 4 heteroatoms. The van der Waals surface area contributed by atoms with Gasteiger partial charge in [-0.1, -0.05) is 0 Å². The summed E-state index contributed by atoms with van der Waals surface area (Å²) >= 11 is 0. The van der Waals surface area contributed by atoms with Crippen LogP contribution in [0, 0.1) is 6.92 Å². The van der Waals surface area contributed by atoms with E-state index in [1.165, 1.54) is 11.3 Å². The monoisotopic (exact) mass is 216 g/mol. The summed E-state index contributed by atoms with van der Waals surface area (Å²) in [7, 11) is 1.98. The van der Waals surface area contributed by atoms with Crippen LogP contribution < -0.4 is 5.73 Å². The Morgan fingerprint density at radius 2 is 2.12 bits per heavy atom. The third kappa shape index (κ3) is 2.39. The lowest BCUT2D eigenvalue weighted by molar-refractivity contribution is 0.697. The van der Waals surface area contributed by atoms with Crippen molar-refractivity contribution < 1.29 is 0 Å². The minimum absolute atomic E-state index is 0.582. The Kier molecular flexibility index (Phi) is 2.90. The van der Waals surface area contributed by atoms with Crippen molar-refractivity contribution in [1.82, 2.24) is 14.8 Å². The van der Waals surface area contributed by atoms with Crippen LogP contribution in [0.2, 0.25) is 0 Å². The van der Waals surface area contributed by atoms with Crippen LogP contribution in [0.15, 0.2) is 24.4 Å². The molecule has 2 rings (SSSR count). The van der Waals surface area contributed by atoms with Crippen molar-refractivity contribution in [1.29, 1.82) is 0 Å². The average molecular weight is 216 g/mol. The third-order valence-electron chi connectivity index (χ3n) is 2.61. The molecule has 0 aliphatic carbocycles. The largest absolute Gasteiger partial charge is 0.384 e. The summed E-state index contributed by atoms with van der Waals surface area (Å²) in [5.74, 6) is 0.582. The average Bonchev–Trinajstić information content (AvgIpc) is 2.54. The zero-order valence-electron chi connectivity index (χ0n) is 9.64. The highest BCUT2D eigenvalue weighted by atomic mass is 15.3. The first kappa shape index (κ1) is 10.7. The topological polar surface area (TPSA) is 56.7 Å². The van der Waals surface area contributed by atoms with Gasteiger partial charge in [0.05, 0.1) is 5.69 Å². The Labute approximate surface area is 95.1 Å². The van der Waals surface area contributed by atoms with Gasteiger partial charge in [-0.05, 0) is 43.5 Å². The Hall–Kier alpha value is -1.84. The first-order valence-corrected chi connectivity index (χ1v) is 5.35. The summed E-state index contributed by atoms with van der Waals surface area (Å²) in [5.41, 5.74) is 9.15. The molecule has 0 atom stereocenters. The number of hydrogen-bond donors (Lipinski definition) is 1. The van der Waals surface area contributed by atoms with E-state index in [9.17, 15) is 0 Å². The van der Waals surface area contributed by atoms with Gasteiger partial charge in [0, 0.05) is 18.9 Å². The molecule has 2 aromatic rings. The molecule has 0 amide bonds. The second-order valence-corrected chi connectivity index (χ2v) is 3.99. The summed E-state index contributed by atoms with van der Waals surface area (Å²) < 4.78 is 1.93. The number of nitrogens with zero attached hydrogens (tertiary/aromatic N) is 3. The van der Waals surface area contributed by atoms with Crippen molar-refractivity contribution >= 4 is 5.82 Å². The predicted octanol–water partition coefficient (Wildman–Crippen LogP) is 1.49. The highest BCUT2D eigenvalue weighted by Gasteiger charge is 2.02. The molecule has 0 radical (unpaired) electrons. The normalized spacial score (nSPS) is 10.6. The van der Waals surface area contributed by atoms with Crippen molar-refractivity contribution in [3.05, 3.63) is 41.3 Å². The van der Waals surface area contributed by atoms with Gasteiger partial charge < -0.3 is 5.73 Å². The lowest BCUT2D eigenvalue weighted by atomic mass is 10.1. The molecule has 16 heavy (non-hydrogen) atoms. The summed E-state index contributed by atoms with van der Waals surface area (Å²) in [6.07, 6.45) is 3.69. The van der Waals surface area contributed by atoms with Gasteiger partial charge in [-0.2, -0.15) is 5.10 Å². The number of nitrogen functional groups attached to an aromatic ring is 1. The number of pyridine rings is 1. The van der Waals surface area contributed by atoms with Gasteiger partial charge >= 0.3 is 0 Å². The fourth-order valence-electron chi connectivity index (χ4n) is 1.82. The smallest absolute Gasteiger partial charge is 0.123 e. The van der Waals surface area contributed by atoms with E-state index in [4.69, 9.17) is 5.73 Å². The Bertz CT molecular complexity index is 488. The van der Waals surface area contributed by atoms with Crippen molar-refractivity contribution in [2.75, 3.05) is 5.73 Å². The number of nitrogens with two attached hydrogens (primary N) is 1. The third-order valence-corrected chi connectivity index (χ3v) is 2.61. The van der Waals surface area contributed by atoms with Crippen molar-refractivity contribution in [3.63, 3.8) is 0 Å². The lowest BCUT2D eigenvalue weighted by Gasteiger charge is -2.02.